The van der Waals surface area contributed by atoms with E-state index < -0.39 is 5.97 Å². The summed E-state index contributed by atoms with van der Waals surface area (Å²) in [5.74, 6) is -1.16. The number of aliphatic imine (C=N–C) groups is 1. The minimum atomic E-state index is -1.07. The number of nitrogens with zero attached hydrogens (tertiary/aromatic N) is 2. The summed E-state index contributed by atoms with van der Waals surface area (Å²) in [6, 6.07) is 14.5. The number of carboxylic acids is 1. The van der Waals surface area contributed by atoms with Crippen molar-refractivity contribution in [3.63, 3.8) is 0 Å². The van der Waals surface area contributed by atoms with Crippen LogP contribution in [0.5, 0.6) is 0 Å². The molecule has 2 N–H and O–H groups in total. The van der Waals surface area contributed by atoms with Crippen LogP contribution in [0, 0.1) is 20.8 Å². The number of anilines is 1. The summed E-state index contributed by atoms with van der Waals surface area (Å²) in [5, 5.41) is 13.4. The molecule has 0 saturated heterocycles. The Labute approximate surface area is 230 Å². The van der Waals surface area contributed by atoms with Crippen molar-refractivity contribution in [1.82, 2.24) is 4.57 Å². The Morgan fingerprint density at radius 3 is 2.50 bits per heavy atom. The number of rotatable bonds is 6. The lowest BCUT2D eigenvalue weighted by atomic mass is 9.95. The molecular formula is C30H28ClN3O3S. The maximum absolute atomic E-state index is 13.7. The number of aromatic nitrogens is 1. The Morgan fingerprint density at radius 1 is 1.05 bits per heavy atom. The minimum Gasteiger partial charge on any atom is -0.478 e. The number of hydrogen-bond donors (Lipinski definition) is 2. The number of hydrogen-bond acceptors (Lipinski definition) is 4. The molecule has 0 aliphatic heterocycles. The second-order valence-electron chi connectivity index (χ2n) is 9.60. The van der Waals surface area contributed by atoms with E-state index in [2.05, 4.69) is 14.9 Å². The molecule has 0 radical (unpaired) electrons. The second kappa shape index (κ2) is 10.6. The lowest BCUT2D eigenvalue weighted by molar-refractivity contribution is 0.0697. The maximum Gasteiger partial charge on any atom is 0.337 e. The summed E-state index contributed by atoms with van der Waals surface area (Å²) >= 11 is 7.82. The number of carboxylic acid groups (broad SMARTS) is 1. The number of nitrogens with one attached hydrogen (secondary N) is 1. The minimum absolute atomic E-state index is 0.0434. The summed E-state index contributed by atoms with van der Waals surface area (Å²) in [6.07, 6.45) is 5.87. The Balaban J connectivity index is 1.52. The van der Waals surface area contributed by atoms with Gasteiger partial charge in [-0.25, -0.2) is 4.79 Å². The molecule has 0 bridgehead atoms. The summed E-state index contributed by atoms with van der Waals surface area (Å²) in [6.45, 7) is 6.08. The molecular weight excluding hydrogens is 518 g/mol. The topological polar surface area (TPSA) is 83.7 Å². The molecule has 0 saturated carbocycles. The second-order valence-corrected chi connectivity index (χ2v) is 11.1. The van der Waals surface area contributed by atoms with Gasteiger partial charge in [0.15, 0.2) is 0 Å². The first-order valence-electron chi connectivity index (χ1n) is 12.5. The molecule has 0 fully saturated rings. The van der Waals surface area contributed by atoms with E-state index in [0.717, 1.165) is 70.0 Å². The fourth-order valence-electron chi connectivity index (χ4n) is 4.91. The first-order valence-corrected chi connectivity index (χ1v) is 13.7. The Hall–Kier alpha value is -3.68. The third kappa shape index (κ3) is 5.04. The first-order chi connectivity index (χ1) is 18.2. The van der Waals surface area contributed by atoms with Gasteiger partial charge in [0, 0.05) is 33.7 Å². The normalized spacial score (nSPS) is 13.1. The number of benzene rings is 2. The van der Waals surface area contributed by atoms with Crippen molar-refractivity contribution < 1.29 is 14.7 Å². The van der Waals surface area contributed by atoms with Gasteiger partial charge in [-0.05, 0) is 88.4 Å². The molecule has 8 heteroatoms. The highest BCUT2D eigenvalue weighted by atomic mass is 35.5. The molecule has 0 unspecified atom stereocenters. The van der Waals surface area contributed by atoms with Gasteiger partial charge in [-0.2, -0.15) is 0 Å². The van der Waals surface area contributed by atoms with E-state index in [1.807, 2.05) is 51.1 Å². The third-order valence-electron chi connectivity index (χ3n) is 6.90. The van der Waals surface area contributed by atoms with Crippen molar-refractivity contribution in [3.05, 3.63) is 97.6 Å². The lowest BCUT2D eigenvalue weighted by Gasteiger charge is -2.14. The number of fused-ring (bicyclic) bond motifs is 1. The average molecular weight is 546 g/mol. The molecule has 2 aromatic carbocycles. The van der Waals surface area contributed by atoms with Gasteiger partial charge in [-0.15, -0.1) is 11.3 Å². The van der Waals surface area contributed by atoms with Gasteiger partial charge in [0.2, 0.25) is 0 Å². The van der Waals surface area contributed by atoms with E-state index in [9.17, 15) is 14.7 Å². The van der Waals surface area contributed by atoms with Crippen molar-refractivity contribution in [2.24, 2.45) is 4.99 Å². The van der Waals surface area contributed by atoms with Crippen molar-refractivity contribution in [2.45, 2.75) is 46.5 Å². The molecule has 2 aromatic heterocycles. The zero-order valence-corrected chi connectivity index (χ0v) is 23.0. The standard InChI is InChI=1S/C30H28ClN3O3S/c1-17-8-10-21(11-9-17)33-28(35)27-24-6-4-5-7-26(24)38-29(27)34-18(2)14-20(19(34)3)16-32-22-12-13-23(30(36)37)25(31)15-22/h8-16H,4-7H2,1-3H3,(H,33,35)(H,36,37). The largest absolute Gasteiger partial charge is 0.478 e. The van der Waals surface area contributed by atoms with Crippen LogP contribution in [-0.2, 0) is 12.8 Å². The van der Waals surface area contributed by atoms with Gasteiger partial charge >= 0.3 is 5.97 Å². The van der Waals surface area contributed by atoms with Crippen LogP contribution in [0.1, 0.15) is 66.5 Å². The Kier molecular flexibility index (Phi) is 7.23. The van der Waals surface area contributed by atoms with E-state index in [0.29, 0.717) is 5.69 Å². The summed E-state index contributed by atoms with van der Waals surface area (Å²) < 4.78 is 2.15. The fourth-order valence-corrected chi connectivity index (χ4v) is 6.66. The molecule has 5 rings (SSSR count). The SMILES string of the molecule is Cc1ccc(NC(=O)c2c(-n3c(C)cc(C=Nc4ccc(C(=O)O)c(Cl)c4)c3C)sc3c2CCCC3)cc1. The highest BCUT2D eigenvalue weighted by Gasteiger charge is 2.28. The predicted octanol–water partition coefficient (Wildman–Crippen LogP) is 7.70. The van der Waals surface area contributed by atoms with Gasteiger partial charge < -0.3 is 15.0 Å². The van der Waals surface area contributed by atoms with Crippen molar-refractivity contribution in [2.75, 3.05) is 5.32 Å². The summed E-state index contributed by atoms with van der Waals surface area (Å²) in [7, 11) is 0. The quantitative estimate of drug-likeness (QED) is 0.243. The third-order valence-corrected chi connectivity index (χ3v) is 8.49. The van der Waals surface area contributed by atoms with E-state index in [4.69, 9.17) is 11.6 Å². The summed E-state index contributed by atoms with van der Waals surface area (Å²) in [5.41, 5.74) is 7.35. The zero-order chi connectivity index (χ0) is 27.0. The molecule has 1 aliphatic carbocycles. The molecule has 0 atom stereocenters. The predicted molar refractivity (Wildman–Crippen MR) is 155 cm³/mol. The van der Waals surface area contributed by atoms with E-state index in [1.165, 1.54) is 10.9 Å². The number of amides is 1. The van der Waals surface area contributed by atoms with Gasteiger partial charge in [0.05, 0.1) is 21.8 Å². The van der Waals surface area contributed by atoms with E-state index in [1.54, 1.807) is 29.7 Å². The van der Waals surface area contributed by atoms with Gasteiger partial charge in [-0.3, -0.25) is 9.79 Å². The van der Waals surface area contributed by atoms with Crippen LogP contribution in [-0.4, -0.2) is 27.8 Å². The number of aryl methyl sites for hydroxylation is 3. The molecule has 2 heterocycles. The Morgan fingerprint density at radius 2 is 1.79 bits per heavy atom. The van der Waals surface area contributed by atoms with Crippen LogP contribution in [0.3, 0.4) is 0 Å². The van der Waals surface area contributed by atoms with Crippen molar-refractivity contribution in [1.29, 1.82) is 0 Å². The molecule has 38 heavy (non-hydrogen) atoms. The lowest BCUT2D eigenvalue weighted by Crippen LogP contribution is -2.17. The van der Waals surface area contributed by atoms with Gasteiger partial charge in [0.25, 0.3) is 5.91 Å². The molecule has 194 valence electrons. The van der Waals surface area contributed by atoms with Crippen LogP contribution < -0.4 is 5.32 Å². The van der Waals surface area contributed by atoms with Crippen LogP contribution in [0.15, 0.2) is 53.5 Å². The van der Waals surface area contributed by atoms with Gasteiger partial charge in [0.1, 0.15) is 5.00 Å². The average Bonchev–Trinajstić information content (AvgIpc) is 3.39. The molecule has 6 nitrogen and oxygen atoms in total. The van der Waals surface area contributed by atoms with Crippen LogP contribution in [0.4, 0.5) is 11.4 Å². The highest BCUT2D eigenvalue weighted by Crippen LogP contribution is 2.39. The molecule has 1 aliphatic rings. The maximum atomic E-state index is 13.7. The van der Waals surface area contributed by atoms with Crippen LogP contribution in [0.25, 0.3) is 5.00 Å². The number of thiophene rings is 1. The molecule has 0 spiro atoms. The number of aromatic carboxylic acids is 1. The van der Waals surface area contributed by atoms with Crippen molar-refractivity contribution >= 4 is 52.4 Å². The van der Waals surface area contributed by atoms with Crippen LogP contribution >= 0.6 is 22.9 Å². The van der Waals surface area contributed by atoms with E-state index >= 15 is 0 Å². The monoisotopic (exact) mass is 545 g/mol. The highest BCUT2D eigenvalue weighted by molar-refractivity contribution is 7.15. The first kappa shape index (κ1) is 25.9. The summed E-state index contributed by atoms with van der Waals surface area (Å²) in [4.78, 5) is 30.7. The fraction of sp³-hybridized carbons (Fsp3) is 0.233. The molecule has 4 aromatic rings. The number of halogens is 1. The number of carbonyl (C=O) groups is 2. The van der Waals surface area contributed by atoms with Gasteiger partial charge in [-0.1, -0.05) is 29.3 Å². The van der Waals surface area contributed by atoms with Crippen LogP contribution in [0.2, 0.25) is 5.02 Å². The van der Waals surface area contributed by atoms with Crippen molar-refractivity contribution in [3.8, 4) is 5.00 Å². The number of carbonyl (C=O) groups excluding carboxylic acids is 1. The molecule has 1 amide bonds. The Bertz CT molecular complexity index is 1580. The van der Waals surface area contributed by atoms with E-state index in [-0.39, 0.29) is 16.5 Å². The zero-order valence-electron chi connectivity index (χ0n) is 21.5. The smallest absolute Gasteiger partial charge is 0.337 e.